The van der Waals surface area contributed by atoms with Crippen molar-refractivity contribution in [2.45, 2.75) is 30.1 Å². The molecule has 2 aliphatic rings. The van der Waals surface area contributed by atoms with E-state index in [-0.39, 0.29) is 11.8 Å². The fourth-order valence-corrected chi connectivity index (χ4v) is 5.80. The van der Waals surface area contributed by atoms with Crippen molar-refractivity contribution in [3.8, 4) is 0 Å². The number of piperazine rings is 1. The number of fused-ring (bicyclic) bond motifs is 2. The van der Waals surface area contributed by atoms with Crippen LogP contribution < -0.4 is 15.5 Å². The maximum absolute atomic E-state index is 12.8. The Morgan fingerprint density at radius 1 is 0.972 bits per heavy atom. The molecule has 2 amide bonds. The third-order valence-corrected chi connectivity index (χ3v) is 8.01. The molecule has 0 spiro atoms. The number of benzene rings is 3. The van der Waals surface area contributed by atoms with Gasteiger partial charge in [-0.25, -0.2) is 0 Å². The summed E-state index contributed by atoms with van der Waals surface area (Å²) in [5, 5.41) is 6.00. The maximum atomic E-state index is 12.8. The summed E-state index contributed by atoms with van der Waals surface area (Å²) in [6.07, 6.45) is 0.905. The molecule has 2 heterocycles. The largest absolute Gasteiger partial charge is 0.369 e. The molecular formula is C29H32N4O2S. The topological polar surface area (TPSA) is 64.7 Å². The first-order valence-electron chi connectivity index (χ1n) is 12.5. The number of rotatable bonds is 6. The zero-order valence-corrected chi connectivity index (χ0v) is 21.7. The fraction of sp³-hybridized carbons (Fsp3) is 0.310. The van der Waals surface area contributed by atoms with Gasteiger partial charge in [0.2, 0.25) is 0 Å². The molecule has 1 fully saturated rings. The lowest BCUT2D eigenvalue weighted by Crippen LogP contribution is -2.47. The van der Waals surface area contributed by atoms with E-state index in [0.29, 0.717) is 23.4 Å². The van der Waals surface area contributed by atoms with Crippen LogP contribution in [0.3, 0.4) is 0 Å². The second-order valence-electron chi connectivity index (χ2n) is 9.49. The number of amides is 2. The summed E-state index contributed by atoms with van der Waals surface area (Å²) in [7, 11) is 0. The Balaban J connectivity index is 1.09. The molecule has 0 aromatic heterocycles. The SMILES string of the molecule is Cc1ccc(C)c(N2CCN(CCCNC(=O)c3ccc4c(c3)NC(=O)c3ccccc3S4)CC2)c1. The summed E-state index contributed by atoms with van der Waals surface area (Å²) in [5.74, 6) is -0.259. The van der Waals surface area contributed by atoms with E-state index in [4.69, 9.17) is 0 Å². The number of hydrogen-bond acceptors (Lipinski definition) is 5. The van der Waals surface area contributed by atoms with Crippen LogP contribution in [0.5, 0.6) is 0 Å². The first-order valence-corrected chi connectivity index (χ1v) is 13.3. The van der Waals surface area contributed by atoms with E-state index in [1.54, 1.807) is 17.8 Å². The van der Waals surface area contributed by atoms with Gasteiger partial charge in [-0.1, -0.05) is 36.0 Å². The van der Waals surface area contributed by atoms with Crippen LogP contribution in [-0.2, 0) is 0 Å². The van der Waals surface area contributed by atoms with Crippen LogP contribution in [0.25, 0.3) is 0 Å². The lowest BCUT2D eigenvalue weighted by Gasteiger charge is -2.37. The highest BCUT2D eigenvalue weighted by Crippen LogP contribution is 2.39. The van der Waals surface area contributed by atoms with Crippen molar-refractivity contribution in [3.63, 3.8) is 0 Å². The van der Waals surface area contributed by atoms with Crippen molar-refractivity contribution in [2.24, 2.45) is 0 Å². The fourth-order valence-electron chi connectivity index (χ4n) is 4.79. The minimum absolute atomic E-state index is 0.112. The molecular weight excluding hydrogens is 468 g/mol. The Morgan fingerprint density at radius 3 is 2.61 bits per heavy atom. The molecule has 2 aliphatic heterocycles. The predicted molar refractivity (Wildman–Crippen MR) is 146 cm³/mol. The smallest absolute Gasteiger partial charge is 0.256 e. The second kappa shape index (κ2) is 10.8. The highest BCUT2D eigenvalue weighted by Gasteiger charge is 2.21. The van der Waals surface area contributed by atoms with Crippen molar-refractivity contribution in [1.82, 2.24) is 10.2 Å². The highest BCUT2D eigenvalue weighted by molar-refractivity contribution is 7.99. The molecule has 7 heteroatoms. The van der Waals surface area contributed by atoms with Gasteiger partial charge in [0.15, 0.2) is 0 Å². The number of nitrogens with zero attached hydrogens (tertiary/aromatic N) is 2. The standard InChI is InChI=1S/C29H32N4O2S/c1-20-8-9-21(2)25(18-20)33-16-14-32(15-17-33)13-5-12-30-28(34)22-10-11-27-24(19-22)31-29(35)23-6-3-4-7-26(23)36-27/h3-4,6-11,18-19H,5,12-17H2,1-2H3,(H,30,34)(H,31,35). The van der Waals surface area contributed by atoms with Gasteiger partial charge in [-0.2, -0.15) is 0 Å². The molecule has 0 unspecified atom stereocenters. The van der Waals surface area contributed by atoms with Gasteiger partial charge in [-0.3, -0.25) is 14.5 Å². The van der Waals surface area contributed by atoms with Crippen molar-refractivity contribution in [3.05, 3.63) is 82.9 Å². The molecule has 0 bridgehead atoms. The average Bonchev–Trinajstić information content (AvgIpc) is 3.03. The summed E-state index contributed by atoms with van der Waals surface area (Å²) in [4.78, 5) is 32.2. The lowest BCUT2D eigenvalue weighted by atomic mass is 10.1. The molecule has 2 N–H and O–H groups in total. The zero-order chi connectivity index (χ0) is 25.1. The summed E-state index contributed by atoms with van der Waals surface area (Å²) in [6.45, 7) is 10.0. The van der Waals surface area contributed by atoms with E-state index < -0.39 is 0 Å². The van der Waals surface area contributed by atoms with Crippen LogP contribution in [0.1, 0.15) is 38.3 Å². The maximum Gasteiger partial charge on any atom is 0.256 e. The third kappa shape index (κ3) is 5.42. The van der Waals surface area contributed by atoms with Crippen LogP contribution in [0.15, 0.2) is 70.5 Å². The van der Waals surface area contributed by atoms with Crippen LogP contribution in [0.4, 0.5) is 11.4 Å². The van der Waals surface area contributed by atoms with Gasteiger partial charge in [0.1, 0.15) is 0 Å². The Labute approximate surface area is 217 Å². The van der Waals surface area contributed by atoms with Crippen molar-refractivity contribution >= 4 is 35.0 Å². The minimum atomic E-state index is -0.146. The summed E-state index contributed by atoms with van der Waals surface area (Å²) < 4.78 is 0. The van der Waals surface area contributed by atoms with Crippen molar-refractivity contribution in [1.29, 1.82) is 0 Å². The highest BCUT2D eigenvalue weighted by atomic mass is 32.2. The Morgan fingerprint density at radius 2 is 1.78 bits per heavy atom. The first kappa shape index (κ1) is 24.4. The summed E-state index contributed by atoms with van der Waals surface area (Å²) >= 11 is 1.54. The van der Waals surface area contributed by atoms with E-state index in [1.807, 2.05) is 36.4 Å². The Hall–Kier alpha value is -3.29. The molecule has 0 saturated carbocycles. The lowest BCUT2D eigenvalue weighted by molar-refractivity contribution is 0.0950. The number of carbonyl (C=O) groups excluding carboxylic acids is 2. The number of hydrogen-bond donors (Lipinski definition) is 2. The van der Waals surface area contributed by atoms with Crippen molar-refractivity contribution < 1.29 is 9.59 Å². The molecule has 5 rings (SSSR count). The van der Waals surface area contributed by atoms with Gasteiger partial charge in [0, 0.05) is 53.8 Å². The number of carbonyl (C=O) groups is 2. The molecule has 0 aliphatic carbocycles. The average molecular weight is 501 g/mol. The molecule has 3 aromatic rings. The quantitative estimate of drug-likeness (QED) is 0.468. The summed E-state index contributed by atoms with van der Waals surface area (Å²) in [5.41, 5.74) is 5.87. The molecule has 0 atom stereocenters. The summed E-state index contributed by atoms with van der Waals surface area (Å²) in [6, 6.07) is 19.7. The van der Waals surface area contributed by atoms with Gasteiger partial charge < -0.3 is 15.5 Å². The van der Waals surface area contributed by atoms with E-state index in [9.17, 15) is 9.59 Å². The number of aryl methyl sites for hydroxylation is 2. The van der Waals surface area contributed by atoms with Crippen LogP contribution in [0, 0.1) is 13.8 Å². The zero-order valence-electron chi connectivity index (χ0n) is 20.8. The van der Waals surface area contributed by atoms with E-state index in [2.05, 4.69) is 52.5 Å². The molecule has 3 aromatic carbocycles. The predicted octanol–water partition coefficient (Wildman–Crippen LogP) is 4.96. The van der Waals surface area contributed by atoms with E-state index in [1.165, 1.54) is 16.8 Å². The van der Waals surface area contributed by atoms with Gasteiger partial charge in [0.05, 0.1) is 11.3 Å². The van der Waals surface area contributed by atoms with Gasteiger partial charge >= 0.3 is 0 Å². The minimum Gasteiger partial charge on any atom is -0.369 e. The van der Waals surface area contributed by atoms with Crippen LogP contribution in [-0.4, -0.2) is 56.0 Å². The van der Waals surface area contributed by atoms with Gasteiger partial charge in [-0.15, -0.1) is 0 Å². The van der Waals surface area contributed by atoms with E-state index in [0.717, 1.165) is 48.9 Å². The van der Waals surface area contributed by atoms with Gasteiger partial charge in [-0.05, 0) is 74.3 Å². The van der Waals surface area contributed by atoms with Crippen LogP contribution in [0.2, 0.25) is 0 Å². The monoisotopic (exact) mass is 500 g/mol. The number of anilines is 2. The molecule has 0 radical (unpaired) electrons. The molecule has 6 nitrogen and oxygen atoms in total. The Kier molecular flexibility index (Phi) is 7.30. The normalized spacial score (nSPS) is 15.5. The Bertz CT molecular complexity index is 1280. The first-order chi connectivity index (χ1) is 17.5. The molecule has 186 valence electrons. The molecule has 1 saturated heterocycles. The second-order valence-corrected chi connectivity index (χ2v) is 10.6. The molecule has 36 heavy (non-hydrogen) atoms. The number of nitrogens with one attached hydrogen (secondary N) is 2. The van der Waals surface area contributed by atoms with Crippen molar-refractivity contribution in [2.75, 3.05) is 49.5 Å². The van der Waals surface area contributed by atoms with E-state index >= 15 is 0 Å². The van der Waals surface area contributed by atoms with Gasteiger partial charge in [0.25, 0.3) is 11.8 Å². The third-order valence-electron chi connectivity index (χ3n) is 6.86. The van der Waals surface area contributed by atoms with Crippen LogP contribution >= 0.6 is 11.8 Å².